The largest absolute Gasteiger partial charge is 0.480 e. The highest BCUT2D eigenvalue weighted by Gasteiger charge is 2.36. The molecule has 0 unspecified atom stereocenters. The SMILES string of the molecule is C/C=C1/C(=O)N[C@@H](C(=O)O)[C@H](C)C(=O)N[C@@H](CCCN=C(N)N)C(=O)N[C@@H](/C=C/C(C)=C/[C@@H](C)[C@@H](Cc2ccccc2)OC)[C@H](C)C(=O)N[C@@H](CO)CCC(=O)N1C. The number of carboxylic acid groups (broad SMARTS) is 1. The van der Waals surface area contributed by atoms with Crippen LogP contribution in [0.5, 0.6) is 0 Å². The molecule has 0 aromatic heterocycles. The number of guanidine groups is 1. The van der Waals surface area contributed by atoms with Gasteiger partial charge >= 0.3 is 5.97 Å². The minimum absolute atomic E-state index is 0.00191. The van der Waals surface area contributed by atoms with Gasteiger partial charge in [-0.15, -0.1) is 0 Å². The van der Waals surface area contributed by atoms with E-state index in [1.165, 1.54) is 27.0 Å². The lowest BCUT2D eigenvalue weighted by molar-refractivity contribution is -0.146. The number of hydrogen-bond acceptors (Lipinski definition) is 9. The maximum absolute atomic E-state index is 14.1. The van der Waals surface area contributed by atoms with Crippen molar-refractivity contribution in [2.24, 2.45) is 34.2 Å². The minimum atomic E-state index is -1.75. The molecule has 8 atom stereocenters. The first-order valence-electron chi connectivity index (χ1n) is 19.4. The van der Waals surface area contributed by atoms with E-state index in [0.717, 1.165) is 16.0 Å². The fourth-order valence-corrected chi connectivity index (χ4v) is 6.39. The van der Waals surface area contributed by atoms with Gasteiger partial charge in [-0.3, -0.25) is 29.0 Å². The molecule has 5 amide bonds. The van der Waals surface area contributed by atoms with Crippen LogP contribution in [0.3, 0.4) is 0 Å². The zero-order valence-corrected chi connectivity index (χ0v) is 34.6. The highest BCUT2D eigenvalue weighted by molar-refractivity contribution is 6.00. The monoisotopic (exact) mass is 810 g/mol. The van der Waals surface area contributed by atoms with E-state index in [2.05, 4.69) is 26.3 Å². The molecule has 1 saturated heterocycles. The topological polar surface area (TPSA) is 268 Å². The lowest BCUT2D eigenvalue weighted by atomic mass is 9.94. The average Bonchev–Trinajstić information content (AvgIpc) is 3.19. The van der Waals surface area contributed by atoms with Crippen molar-refractivity contribution in [3.8, 4) is 0 Å². The molecule has 0 bridgehead atoms. The number of amides is 5. The lowest BCUT2D eigenvalue weighted by Gasteiger charge is -2.28. The number of aliphatic imine (C=N–C) groups is 1. The third kappa shape index (κ3) is 15.4. The molecule has 0 saturated carbocycles. The number of likely N-dealkylation sites (N-methyl/N-ethyl adjacent to an activating group) is 1. The predicted molar refractivity (Wildman–Crippen MR) is 219 cm³/mol. The van der Waals surface area contributed by atoms with Gasteiger partial charge in [0, 0.05) is 33.0 Å². The first-order chi connectivity index (χ1) is 27.4. The summed E-state index contributed by atoms with van der Waals surface area (Å²) in [5.74, 6) is -7.62. The molecule has 1 aliphatic heterocycles. The van der Waals surface area contributed by atoms with Crippen LogP contribution < -0.4 is 32.7 Å². The first kappa shape index (κ1) is 48.6. The van der Waals surface area contributed by atoms with Crippen LogP contribution in [0.15, 0.2) is 70.9 Å². The maximum Gasteiger partial charge on any atom is 0.327 e. The number of nitrogens with zero attached hydrogens (tertiary/aromatic N) is 2. The number of aliphatic hydroxyl groups excluding tert-OH is 1. The van der Waals surface area contributed by atoms with Gasteiger partial charge in [0.2, 0.25) is 23.6 Å². The van der Waals surface area contributed by atoms with Crippen molar-refractivity contribution < 1.29 is 43.7 Å². The summed E-state index contributed by atoms with van der Waals surface area (Å²) in [5.41, 5.74) is 12.7. The lowest BCUT2D eigenvalue weighted by Crippen LogP contribution is -2.56. The summed E-state index contributed by atoms with van der Waals surface area (Å²) >= 11 is 0. The van der Waals surface area contributed by atoms with E-state index < -0.39 is 78.1 Å². The van der Waals surface area contributed by atoms with E-state index in [-0.39, 0.29) is 55.9 Å². The minimum Gasteiger partial charge on any atom is -0.480 e. The Labute approximate surface area is 340 Å². The van der Waals surface area contributed by atoms with Gasteiger partial charge in [0.1, 0.15) is 17.8 Å². The Morgan fingerprint density at radius 1 is 1.02 bits per heavy atom. The van der Waals surface area contributed by atoms with Crippen molar-refractivity contribution in [1.29, 1.82) is 0 Å². The molecule has 17 nitrogen and oxygen atoms in total. The van der Waals surface area contributed by atoms with Gasteiger partial charge in [0.15, 0.2) is 5.96 Å². The number of carboxylic acids is 1. The molecule has 1 aliphatic rings. The number of ether oxygens (including phenoxy) is 1. The zero-order chi connectivity index (χ0) is 43.5. The van der Waals surface area contributed by atoms with Crippen LogP contribution in [-0.2, 0) is 39.9 Å². The van der Waals surface area contributed by atoms with Gasteiger partial charge in [0.05, 0.1) is 36.6 Å². The van der Waals surface area contributed by atoms with Crippen molar-refractivity contribution >= 4 is 41.5 Å². The van der Waals surface area contributed by atoms with E-state index in [9.17, 15) is 39.0 Å². The van der Waals surface area contributed by atoms with Crippen LogP contribution in [-0.4, -0.2) is 114 Å². The summed E-state index contributed by atoms with van der Waals surface area (Å²) in [6, 6.07) is 5.11. The quantitative estimate of drug-likeness (QED) is 0.0456. The number of carbonyl (C=O) groups is 6. The Morgan fingerprint density at radius 2 is 1.67 bits per heavy atom. The molecule has 1 aromatic rings. The van der Waals surface area contributed by atoms with Crippen molar-refractivity contribution in [1.82, 2.24) is 26.2 Å². The van der Waals surface area contributed by atoms with E-state index >= 15 is 0 Å². The van der Waals surface area contributed by atoms with Crippen LogP contribution in [0.25, 0.3) is 0 Å². The van der Waals surface area contributed by atoms with Gasteiger partial charge in [-0.1, -0.05) is 81.0 Å². The van der Waals surface area contributed by atoms with E-state index in [1.807, 2.05) is 50.3 Å². The number of allylic oxidation sites excluding steroid dienone is 3. The fourth-order valence-electron chi connectivity index (χ4n) is 6.39. The summed E-state index contributed by atoms with van der Waals surface area (Å²) in [7, 11) is 2.98. The zero-order valence-electron chi connectivity index (χ0n) is 34.6. The third-order valence-electron chi connectivity index (χ3n) is 10.1. The summed E-state index contributed by atoms with van der Waals surface area (Å²) < 4.78 is 5.81. The third-order valence-corrected chi connectivity index (χ3v) is 10.1. The number of nitrogens with one attached hydrogen (secondary N) is 4. The molecule has 0 radical (unpaired) electrons. The average molecular weight is 811 g/mol. The molecule has 1 aromatic carbocycles. The Morgan fingerprint density at radius 3 is 2.26 bits per heavy atom. The molecule has 0 aliphatic carbocycles. The number of nitrogens with two attached hydrogens (primary N) is 2. The number of aliphatic carboxylic acids is 1. The summed E-state index contributed by atoms with van der Waals surface area (Å²) in [6.45, 7) is 7.86. The van der Waals surface area contributed by atoms with Crippen LogP contribution in [0, 0.1) is 17.8 Å². The smallest absolute Gasteiger partial charge is 0.327 e. The molecule has 1 heterocycles. The number of carbonyl (C=O) groups excluding carboxylic acids is 5. The van der Waals surface area contributed by atoms with Crippen molar-refractivity contribution in [2.75, 3.05) is 27.3 Å². The number of methoxy groups -OCH3 is 1. The number of rotatable bonds is 13. The normalized spacial score (nSPS) is 25.4. The molecule has 320 valence electrons. The molecular formula is C41H62N8O9. The first-order valence-corrected chi connectivity index (χ1v) is 19.4. The Bertz CT molecular complexity index is 1690. The second kappa shape index (κ2) is 24.3. The van der Waals surface area contributed by atoms with Crippen LogP contribution >= 0.6 is 0 Å². The molecule has 58 heavy (non-hydrogen) atoms. The number of aliphatic hydroxyl groups is 1. The molecular weight excluding hydrogens is 748 g/mol. The van der Waals surface area contributed by atoms with Crippen LogP contribution in [0.4, 0.5) is 0 Å². The van der Waals surface area contributed by atoms with E-state index in [1.54, 1.807) is 26.2 Å². The highest BCUT2D eigenvalue weighted by Crippen LogP contribution is 2.19. The Balaban J connectivity index is 2.59. The molecule has 17 heteroatoms. The number of benzene rings is 1. The van der Waals surface area contributed by atoms with Crippen LogP contribution in [0.2, 0.25) is 0 Å². The van der Waals surface area contributed by atoms with Crippen LogP contribution in [0.1, 0.15) is 65.9 Å². The fraction of sp³-hybridized carbons (Fsp3) is 0.537. The molecule has 2 rings (SSSR count). The van der Waals surface area contributed by atoms with E-state index in [4.69, 9.17) is 16.2 Å². The maximum atomic E-state index is 14.1. The van der Waals surface area contributed by atoms with Crippen molar-refractivity contribution in [3.05, 3.63) is 71.5 Å². The highest BCUT2D eigenvalue weighted by atomic mass is 16.5. The predicted octanol–water partition coefficient (Wildman–Crippen LogP) is 0.881. The van der Waals surface area contributed by atoms with Gasteiger partial charge in [-0.25, -0.2) is 4.79 Å². The molecule has 0 spiro atoms. The van der Waals surface area contributed by atoms with E-state index in [0.29, 0.717) is 6.42 Å². The standard InChI is InChI=1S/C41H62N8O9/c1-8-32-39(55)48-35(40(56)57)27(5)37(53)47-31(15-12-20-44-41(42)43)38(54)46-30(26(4)36(52)45-29(23-50)17-19-34(51)49(32)6)18-16-24(2)21-25(3)33(58-7)22-28-13-10-9-11-14-28/h8-11,13-14,16,18,21,25-27,29-31,33,35,50H,12,15,17,19-20,22-23H2,1-7H3,(H,45,52)(H,46,54)(H,47,53)(H,48,55)(H,56,57)(H4,42,43,44)/b18-16+,24-21+,32-8-/t25-,26+,27+,29-,30+,31+,33-,35-/m1/s1. The Hall–Kier alpha value is -5.55. The Kier molecular flexibility index (Phi) is 20.3. The second-order valence-electron chi connectivity index (χ2n) is 14.6. The molecule has 1 fully saturated rings. The van der Waals surface area contributed by atoms with Gasteiger partial charge in [-0.2, -0.15) is 0 Å². The van der Waals surface area contributed by atoms with Gasteiger partial charge < -0.3 is 52.6 Å². The second-order valence-corrected chi connectivity index (χ2v) is 14.6. The summed E-state index contributed by atoms with van der Waals surface area (Å²) in [6.07, 6.45) is 7.35. The van der Waals surface area contributed by atoms with Gasteiger partial charge in [0.25, 0.3) is 5.91 Å². The summed E-state index contributed by atoms with van der Waals surface area (Å²) in [5, 5.41) is 30.8. The molecule has 10 N–H and O–H groups in total. The van der Waals surface area contributed by atoms with Crippen molar-refractivity contribution in [2.45, 2.75) is 97.0 Å². The van der Waals surface area contributed by atoms with Crippen molar-refractivity contribution in [3.63, 3.8) is 0 Å². The number of hydrogen-bond donors (Lipinski definition) is 8. The van der Waals surface area contributed by atoms with Gasteiger partial charge in [-0.05, 0) is 45.1 Å². The summed E-state index contributed by atoms with van der Waals surface area (Å²) in [4.78, 5) is 85.3.